The Hall–Kier alpha value is -2.90. The molecule has 0 aliphatic heterocycles. The van der Waals surface area contributed by atoms with Crippen LogP contribution < -0.4 is 0 Å². The standard InChI is InChI=1S/C15H16O8/c1-14(10(16)17,11(18)19)7-8-3-5-9(6-4-8)15(2,12(20)21)13(22)23/h3-6H,7H2,1-2H3,(H,16,17)(H,18,19)(H,20,21)(H,22,23). The molecule has 0 aliphatic rings. The Morgan fingerprint density at radius 3 is 1.48 bits per heavy atom. The van der Waals surface area contributed by atoms with Gasteiger partial charge in [0.2, 0.25) is 0 Å². The first kappa shape index (κ1) is 18.1. The minimum atomic E-state index is -2.15. The highest BCUT2D eigenvalue weighted by atomic mass is 16.4. The highest BCUT2D eigenvalue weighted by molar-refractivity contribution is 6.04. The first-order valence-electron chi connectivity index (χ1n) is 6.49. The van der Waals surface area contributed by atoms with E-state index in [0.717, 1.165) is 13.8 Å². The summed E-state index contributed by atoms with van der Waals surface area (Å²) in [6.07, 6.45) is -0.325. The van der Waals surface area contributed by atoms with Gasteiger partial charge in [-0.2, -0.15) is 0 Å². The van der Waals surface area contributed by atoms with Crippen molar-refractivity contribution in [1.29, 1.82) is 0 Å². The normalized spacial score (nSPS) is 11.7. The minimum Gasteiger partial charge on any atom is -0.480 e. The van der Waals surface area contributed by atoms with Gasteiger partial charge in [0.05, 0.1) is 0 Å². The van der Waals surface area contributed by atoms with E-state index in [1.54, 1.807) is 0 Å². The molecule has 8 nitrogen and oxygen atoms in total. The predicted molar refractivity (Wildman–Crippen MR) is 76.1 cm³/mol. The topological polar surface area (TPSA) is 149 Å². The van der Waals surface area contributed by atoms with Gasteiger partial charge in [0.25, 0.3) is 0 Å². The quantitative estimate of drug-likeness (QED) is 0.539. The highest BCUT2D eigenvalue weighted by Crippen LogP contribution is 2.28. The number of benzene rings is 1. The number of rotatable bonds is 7. The number of hydrogen-bond donors (Lipinski definition) is 4. The van der Waals surface area contributed by atoms with Crippen LogP contribution in [0.1, 0.15) is 25.0 Å². The number of aliphatic carboxylic acids is 4. The molecule has 0 fully saturated rings. The average molecular weight is 324 g/mol. The van der Waals surface area contributed by atoms with Gasteiger partial charge in [0.15, 0.2) is 10.8 Å². The number of carboxylic acids is 4. The van der Waals surface area contributed by atoms with Crippen molar-refractivity contribution in [1.82, 2.24) is 0 Å². The Bertz CT molecular complexity index is 631. The molecule has 4 N–H and O–H groups in total. The van der Waals surface area contributed by atoms with Crippen LogP contribution >= 0.6 is 0 Å². The van der Waals surface area contributed by atoms with Gasteiger partial charge in [-0.15, -0.1) is 0 Å². The van der Waals surface area contributed by atoms with Gasteiger partial charge < -0.3 is 20.4 Å². The summed E-state index contributed by atoms with van der Waals surface area (Å²) in [6, 6.07) is 5.12. The molecule has 1 rings (SSSR count). The molecular formula is C15H16O8. The fourth-order valence-corrected chi connectivity index (χ4v) is 1.95. The first-order valence-corrected chi connectivity index (χ1v) is 6.49. The zero-order valence-corrected chi connectivity index (χ0v) is 12.4. The second kappa shape index (κ2) is 6.07. The van der Waals surface area contributed by atoms with E-state index in [-0.39, 0.29) is 12.0 Å². The molecule has 0 saturated heterocycles. The summed E-state index contributed by atoms with van der Waals surface area (Å²) < 4.78 is 0. The van der Waals surface area contributed by atoms with Crippen LogP contribution in [0.5, 0.6) is 0 Å². The number of carboxylic acid groups (broad SMARTS) is 4. The van der Waals surface area contributed by atoms with Crippen LogP contribution in [0.4, 0.5) is 0 Å². The van der Waals surface area contributed by atoms with Gasteiger partial charge >= 0.3 is 23.9 Å². The molecule has 1 aromatic carbocycles. The third-order valence-corrected chi connectivity index (χ3v) is 3.89. The zero-order valence-electron chi connectivity index (χ0n) is 12.4. The van der Waals surface area contributed by atoms with E-state index in [9.17, 15) is 19.2 Å². The molecule has 8 heteroatoms. The third-order valence-electron chi connectivity index (χ3n) is 3.89. The Labute approximate surface area is 131 Å². The summed E-state index contributed by atoms with van der Waals surface area (Å²) in [5.74, 6) is -6.10. The summed E-state index contributed by atoms with van der Waals surface area (Å²) in [7, 11) is 0. The van der Waals surface area contributed by atoms with Crippen LogP contribution in [-0.4, -0.2) is 44.3 Å². The Balaban J connectivity index is 3.19. The van der Waals surface area contributed by atoms with E-state index in [0.29, 0.717) is 5.56 Å². The van der Waals surface area contributed by atoms with Crippen molar-refractivity contribution >= 4 is 23.9 Å². The Morgan fingerprint density at radius 2 is 1.17 bits per heavy atom. The lowest BCUT2D eigenvalue weighted by atomic mass is 9.80. The lowest BCUT2D eigenvalue weighted by Gasteiger charge is -2.22. The van der Waals surface area contributed by atoms with Crippen molar-refractivity contribution in [2.24, 2.45) is 5.41 Å². The Morgan fingerprint density at radius 1 is 0.783 bits per heavy atom. The maximum Gasteiger partial charge on any atom is 0.325 e. The van der Waals surface area contributed by atoms with E-state index < -0.39 is 34.7 Å². The van der Waals surface area contributed by atoms with Gasteiger partial charge in [-0.25, -0.2) is 0 Å². The van der Waals surface area contributed by atoms with Crippen LogP contribution in [0, 0.1) is 5.41 Å². The molecule has 23 heavy (non-hydrogen) atoms. The van der Waals surface area contributed by atoms with Crippen molar-refractivity contribution in [2.75, 3.05) is 0 Å². The third kappa shape index (κ3) is 3.15. The molecule has 124 valence electrons. The van der Waals surface area contributed by atoms with Crippen LogP contribution in [-0.2, 0) is 31.0 Å². The molecule has 1 aromatic rings. The van der Waals surface area contributed by atoms with Crippen LogP contribution in [0.2, 0.25) is 0 Å². The number of carbonyl (C=O) groups is 4. The fraction of sp³-hybridized carbons (Fsp3) is 0.333. The van der Waals surface area contributed by atoms with Crippen molar-refractivity contribution in [3.8, 4) is 0 Å². The molecule has 0 heterocycles. The molecule has 0 aliphatic carbocycles. The van der Waals surface area contributed by atoms with Gasteiger partial charge in [0.1, 0.15) is 0 Å². The molecule has 0 aromatic heterocycles. The fourth-order valence-electron chi connectivity index (χ4n) is 1.95. The van der Waals surface area contributed by atoms with Crippen LogP contribution in [0.15, 0.2) is 24.3 Å². The summed E-state index contributed by atoms with van der Waals surface area (Å²) in [6.45, 7) is 2.09. The molecule has 0 amide bonds. The summed E-state index contributed by atoms with van der Waals surface area (Å²) >= 11 is 0. The van der Waals surface area contributed by atoms with Crippen molar-refractivity contribution in [3.05, 3.63) is 35.4 Å². The first-order chi connectivity index (χ1) is 10.5. The van der Waals surface area contributed by atoms with E-state index >= 15 is 0 Å². The second-order valence-corrected chi connectivity index (χ2v) is 5.55. The van der Waals surface area contributed by atoms with Crippen molar-refractivity contribution < 1.29 is 39.6 Å². The molecule has 0 atom stereocenters. The zero-order chi connectivity index (χ0) is 18.0. The summed E-state index contributed by atoms with van der Waals surface area (Å²) in [5, 5.41) is 36.4. The van der Waals surface area contributed by atoms with E-state index in [1.165, 1.54) is 24.3 Å². The molecule has 0 unspecified atom stereocenters. The van der Waals surface area contributed by atoms with Crippen LogP contribution in [0.3, 0.4) is 0 Å². The van der Waals surface area contributed by atoms with E-state index in [1.807, 2.05) is 0 Å². The lowest BCUT2D eigenvalue weighted by molar-refractivity contribution is -0.163. The smallest absolute Gasteiger partial charge is 0.325 e. The average Bonchev–Trinajstić information content (AvgIpc) is 2.46. The van der Waals surface area contributed by atoms with Gasteiger partial charge in [-0.3, -0.25) is 19.2 Å². The number of hydrogen-bond acceptors (Lipinski definition) is 4. The molecule has 0 spiro atoms. The second-order valence-electron chi connectivity index (χ2n) is 5.55. The molecule has 0 saturated carbocycles. The predicted octanol–water partition coefficient (Wildman–Crippen LogP) is 0.831. The minimum absolute atomic E-state index is 0.00592. The maximum atomic E-state index is 11.2. The van der Waals surface area contributed by atoms with Gasteiger partial charge in [0, 0.05) is 0 Å². The van der Waals surface area contributed by atoms with E-state index in [2.05, 4.69) is 0 Å². The lowest BCUT2D eigenvalue weighted by Crippen LogP contribution is -2.41. The maximum absolute atomic E-state index is 11.2. The summed E-state index contributed by atoms with van der Waals surface area (Å²) in [5.41, 5.74) is -3.86. The Kier molecular flexibility index (Phi) is 4.79. The van der Waals surface area contributed by atoms with Gasteiger partial charge in [-0.05, 0) is 31.4 Å². The summed E-state index contributed by atoms with van der Waals surface area (Å²) in [4.78, 5) is 44.7. The van der Waals surface area contributed by atoms with E-state index in [4.69, 9.17) is 20.4 Å². The van der Waals surface area contributed by atoms with Crippen LogP contribution in [0.25, 0.3) is 0 Å². The SMILES string of the molecule is CC(Cc1ccc(C(C)(C(=O)O)C(=O)O)cc1)(C(=O)O)C(=O)O. The molecule has 0 bridgehead atoms. The van der Waals surface area contributed by atoms with Crippen molar-refractivity contribution in [2.45, 2.75) is 25.7 Å². The van der Waals surface area contributed by atoms with Gasteiger partial charge in [-0.1, -0.05) is 24.3 Å². The highest BCUT2D eigenvalue weighted by Gasteiger charge is 2.44. The van der Waals surface area contributed by atoms with Crippen molar-refractivity contribution in [3.63, 3.8) is 0 Å². The molecule has 0 radical (unpaired) electrons. The largest absolute Gasteiger partial charge is 0.480 e. The monoisotopic (exact) mass is 324 g/mol. The molecular weight excluding hydrogens is 308 g/mol.